The minimum Gasteiger partial charge on any atom is -0.507 e. The number of hydrogen-bond acceptors (Lipinski definition) is 5. The van der Waals surface area contributed by atoms with Crippen molar-refractivity contribution in [2.24, 2.45) is 0 Å². The molecule has 1 aliphatic heterocycles. The predicted molar refractivity (Wildman–Crippen MR) is 125 cm³/mol. The molecule has 3 aromatic carbocycles. The topological polar surface area (TPSA) is 90.6 Å². The fourth-order valence-corrected chi connectivity index (χ4v) is 3.83. The molecule has 1 aliphatic rings. The molecule has 0 spiro atoms. The third-order valence-electron chi connectivity index (χ3n) is 5.43. The van der Waals surface area contributed by atoms with Crippen molar-refractivity contribution in [1.82, 2.24) is 0 Å². The Bertz CT molecular complexity index is 1240. The first kappa shape index (κ1) is 21.8. The Morgan fingerprint density at radius 2 is 1.67 bits per heavy atom. The maximum atomic E-state index is 13.1. The van der Waals surface area contributed by atoms with E-state index in [-0.39, 0.29) is 11.3 Å². The molecule has 1 amide bonds. The molecule has 6 heteroatoms. The van der Waals surface area contributed by atoms with Crippen LogP contribution in [0.3, 0.4) is 0 Å². The molecular weight excluding hydrogens is 416 g/mol. The van der Waals surface area contributed by atoms with Gasteiger partial charge in [0.1, 0.15) is 11.5 Å². The Hall–Kier alpha value is -4.37. The number of carbonyl (C=O) groups excluding carboxylic acids is 2. The zero-order chi connectivity index (χ0) is 23.4. The number of aliphatic hydroxyl groups excluding tert-OH is 1. The standard InChI is InChI=1S/C27H22N2O4/c1-2-16-33-22-14-10-19(11-15-22)24-23(25(30)20-6-4-3-5-7-20)26(31)27(32)29(24)21-12-8-18(17-28)9-13-21/h3-15,24,30H,2,16H2,1H3/b25-23+. The van der Waals surface area contributed by atoms with E-state index in [4.69, 9.17) is 10.00 Å². The second-order valence-corrected chi connectivity index (χ2v) is 7.61. The van der Waals surface area contributed by atoms with Crippen molar-refractivity contribution in [3.8, 4) is 11.8 Å². The van der Waals surface area contributed by atoms with Gasteiger partial charge in [-0.2, -0.15) is 5.26 Å². The summed E-state index contributed by atoms with van der Waals surface area (Å²) in [6, 6.07) is 23.4. The predicted octanol–water partition coefficient (Wildman–Crippen LogP) is 4.97. The molecule has 3 aromatic rings. The fourth-order valence-electron chi connectivity index (χ4n) is 3.83. The van der Waals surface area contributed by atoms with Gasteiger partial charge < -0.3 is 9.84 Å². The van der Waals surface area contributed by atoms with Crippen molar-refractivity contribution in [1.29, 1.82) is 5.26 Å². The highest BCUT2D eigenvalue weighted by atomic mass is 16.5. The minimum absolute atomic E-state index is 0.0118. The third kappa shape index (κ3) is 4.21. The van der Waals surface area contributed by atoms with Gasteiger partial charge in [0, 0.05) is 11.3 Å². The molecule has 164 valence electrons. The molecule has 1 unspecified atom stereocenters. The number of ketones is 1. The van der Waals surface area contributed by atoms with E-state index in [1.807, 2.05) is 13.0 Å². The SMILES string of the molecule is CCCOc1ccc(C2/C(=C(\O)c3ccccc3)C(=O)C(=O)N2c2ccc(C#N)cc2)cc1. The molecule has 1 saturated heterocycles. The highest BCUT2D eigenvalue weighted by Gasteiger charge is 2.46. The molecule has 1 atom stereocenters. The molecule has 0 bridgehead atoms. The number of ether oxygens (including phenoxy) is 1. The summed E-state index contributed by atoms with van der Waals surface area (Å²) in [5, 5.41) is 20.2. The maximum Gasteiger partial charge on any atom is 0.300 e. The van der Waals surface area contributed by atoms with Gasteiger partial charge in [0.2, 0.25) is 0 Å². The number of carbonyl (C=O) groups is 2. The summed E-state index contributed by atoms with van der Waals surface area (Å²) in [4.78, 5) is 27.6. The van der Waals surface area contributed by atoms with E-state index >= 15 is 0 Å². The van der Waals surface area contributed by atoms with Crippen LogP contribution in [0.5, 0.6) is 5.75 Å². The number of hydrogen-bond donors (Lipinski definition) is 1. The maximum absolute atomic E-state index is 13.1. The summed E-state index contributed by atoms with van der Waals surface area (Å²) >= 11 is 0. The van der Waals surface area contributed by atoms with Crippen LogP contribution in [0.4, 0.5) is 5.69 Å². The van der Waals surface area contributed by atoms with Gasteiger partial charge in [0.05, 0.1) is 29.9 Å². The van der Waals surface area contributed by atoms with Crippen LogP contribution in [0.2, 0.25) is 0 Å². The Morgan fingerprint density at radius 3 is 2.27 bits per heavy atom. The quantitative estimate of drug-likeness (QED) is 0.333. The molecule has 1 N–H and O–H groups in total. The van der Waals surface area contributed by atoms with E-state index in [1.165, 1.54) is 4.90 Å². The van der Waals surface area contributed by atoms with E-state index in [2.05, 4.69) is 0 Å². The summed E-state index contributed by atoms with van der Waals surface area (Å²) in [6.07, 6.45) is 0.873. The van der Waals surface area contributed by atoms with E-state index in [9.17, 15) is 14.7 Å². The molecule has 33 heavy (non-hydrogen) atoms. The monoisotopic (exact) mass is 438 g/mol. The first-order chi connectivity index (χ1) is 16.0. The zero-order valence-corrected chi connectivity index (χ0v) is 18.1. The first-order valence-electron chi connectivity index (χ1n) is 10.6. The lowest BCUT2D eigenvalue weighted by molar-refractivity contribution is -0.132. The average molecular weight is 438 g/mol. The number of benzene rings is 3. The summed E-state index contributed by atoms with van der Waals surface area (Å²) < 4.78 is 5.66. The number of anilines is 1. The molecule has 0 aliphatic carbocycles. The van der Waals surface area contributed by atoms with Gasteiger partial charge >= 0.3 is 0 Å². The van der Waals surface area contributed by atoms with Crippen LogP contribution in [0.15, 0.2) is 84.4 Å². The molecule has 0 aromatic heterocycles. The van der Waals surface area contributed by atoms with Gasteiger partial charge in [-0.1, -0.05) is 49.4 Å². The minimum atomic E-state index is -0.835. The van der Waals surface area contributed by atoms with E-state index in [1.54, 1.807) is 78.9 Å². The third-order valence-corrected chi connectivity index (χ3v) is 5.43. The van der Waals surface area contributed by atoms with Crippen LogP contribution < -0.4 is 9.64 Å². The second-order valence-electron chi connectivity index (χ2n) is 7.61. The normalized spacial score (nSPS) is 17.1. The summed E-state index contributed by atoms with van der Waals surface area (Å²) in [5.74, 6) is -1.06. The van der Waals surface area contributed by atoms with E-state index in [0.29, 0.717) is 34.7 Å². The van der Waals surface area contributed by atoms with Crippen LogP contribution in [0.25, 0.3) is 5.76 Å². The van der Waals surface area contributed by atoms with Gasteiger partial charge in [-0.15, -0.1) is 0 Å². The number of nitrogens with zero attached hydrogens (tertiary/aromatic N) is 2. The van der Waals surface area contributed by atoms with Crippen molar-refractivity contribution < 1.29 is 19.4 Å². The van der Waals surface area contributed by atoms with Crippen LogP contribution in [-0.2, 0) is 9.59 Å². The van der Waals surface area contributed by atoms with E-state index in [0.717, 1.165) is 6.42 Å². The van der Waals surface area contributed by atoms with E-state index < -0.39 is 17.7 Å². The Balaban J connectivity index is 1.86. The highest BCUT2D eigenvalue weighted by Crippen LogP contribution is 2.42. The van der Waals surface area contributed by atoms with Crippen LogP contribution >= 0.6 is 0 Å². The number of aliphatic hydroxyl groups is 1. The van der Waals surface area contributed by atoms with Gasteiger partial charge in [-0.3, -0.25) is 14.5 Å². The molecule has 1 heterocycles. The number of nitriles is 1. The Kier molecular flexibility index (Phi) is 6.23. The first-order valence-corrected chi connectivity index (χ1v) is 10.6. The van der Waals surface area contributed by atoms with Gasteiger partial charge in [-0.25, -0.2) is 0 Å². The molecule has 4 rings (SSSR count). The smallest absolute Gasteiger partial charge is 0.300 e. The lowest BCUT2D eigenvalue weighted by Crippen LogP contribution is -2.29. The second kappa shape index (κ2) is 9.41. The van der Waals surface area contributed by atoms with Crippen molar-refractivity contribution in [2.75, 3.05) is 11.5 Å². The van der Waals surface area contributed by atoms with Crippen LogP contribution in [0, 0.1) is 11.3 Å². The van der Waals surface area contributed by atoms with Gasteiger partial charge in [0.15, 0.2) is 0 Å². The lowest BCUT2D eigenvalue weighted by Gasteiger charge is -2.25. The summed E-state index contributed by atoms with van der Waals surface area (Å²) in [5.41, 5.74) is 2.01. The summed E-state index contributed by atoms with van der Waals surface area (Å²) in [7, 11) is 0. The van der Waals surface area contributed by atoms with Crippen molar-refractivity contribution in [2.45, 2.75) is 19.4 Å². The van der Waals surface area contributed by atoms with Crippen molar-refractivity contribution in [3.63, 3.8) is 0 Å². The Morgan fingerprint density at radius 1 is 1.00 bits per heavy atom. The van der Waals surface area contributed by atoms with Crippen LogP contribution in [-0.4, -0.2) is 23.4 Å². The molecule has 6 nitrogen and oxygen atoms in total. The molecule has 0 saturated carbocycles. The highest BCUT2D eigenvalue weighted by molar-refractivity contribution is 6.51. The van der Waals surface area contributed by atoms with Crippen molar-refractivity contribution in [3.05, 3.63) is 101 Å². The lowest BCUT2D eigenvalue weighted by atomic mass is 9.95. The average Bonchev–Trinajstić information content (AvgIpc) is 3.13. The number of rotatable bonds is 6. The largest absolute Gasteiger partial charge is 0.507 e. The molecule has 0 radical (unpaired) electrons. The van der Waals surface area contributed by atoms with Gasteiger partial charge in [0.25, 0.3) is 11.7 Å². The number of amides is 1. The van der Waals surface area contributed by atoms with Gasteiger partial charge in [-0.05, 0) is 48.4 Å². The summed E-state index contributed by atoms with van der Waals surface area (Å²) in [6.45, 7) is 2.60. The fraction of sp³-hybridized carbons (Fsp3) is 0.148. The number of Topliss-reactive ketones (excluding diaryl/α,β-unsaturated/α-hetero) is 1. The zero-order valence-electron chi connectivity index (χ0n) is 18.1. The van der Waals surface area contributed by atoms with Crippen LogP contribution in [0.1, 0.15) is 36.1 Å². The molecule has 1 fully saturated rings. The van der Waals surface area contributed by atoms with Crippen molar-refractivity contribution >= 4 is 23.1 Å². The molecular formula is C27H22N2O4. The Labute approximate surface area is 192 Å².